The summed E-state index contributed by atoms with van der Waals surface area (Å²) < 4.78 is 1.47. The van der Waals surface area contributed by atoms with Crippen LogP contribution in [0.15, 0.2) is 59.4 Å². The molecule has 1 aliphatic rings. The van der Waals surface area contributed by atoms with Gasteiger partial charge in [-0.25, -0.2) is 9.78 Å². The lowest BCUT2D eigenvalue weighted by Gasteiger charge is -2.11. The number of anilines is 2. The number of nitrogens with zero attached hydrogens (tertiary/aromatic N) is 3. The molecule has 3 N–H and O–H groups in total. The van der Waals surface area contributed by atoms with Crippen molar-refractivity contribution in [1.82, 2.24) is 19.7 Å². The SMILES string of the molecule is Cc1ccc(NC(=O)Nc2cc(-c3ccccc3)nn2-c2nc3c(c(=O)[nH]2)CCC3)cc1C. The monoisotopic (exact) mass is 440 g/mol. The van der Waals surface area contributed by atoms with E-state index in [1.165, 1.54) is 4.68 Å². The number of urea groups is 1. The number of carbonyl (C=O) groups is 1. The van der Waals surface area contributed by atoms with Crippen LogP contribution in [0.2, 0.25) is 0 Å². The van der Waals surface area contributed by atoms with Crippen molar-refractivity contribution in [3.63, 3.8) is 0 Å². The number of rotatable bonds is 4. The Morgan fingerprint density at radius 1 is 1.00 bits per heavy atom. The minimum atomic E-state index is -0.414. The first-order valence-corrected chi connectivity index (χ1v) is 10.9. The van der Waals surface area contributed by atoms with Gasteiger partial charge in [-0.3, -0.25) is 15.1 Å². The Labute approximate surface area is 190 Å². The highest BCUT2D eigenvalue weighted by molar-refractivity contribution is 5.99. The van der Waals surface area contributed by atoms with E-state index in [2.05, 4.69) is 25.7 Å². The molecule has 0 unspecified atom stereocenters. The number of aromatic amines is 1. The van der Waals surface area contributed by atoms with Crippen LogP contribution in [0, 0.1) is 13.8 Å². The summed E-state index contributed by atoms with van der Waals surface area (Å²) in [5.41, 5.74) is 5.83. The van der Waals surface area contributed by atoms with E-state index in [0.717, 1.165) is 47.2 Å². The van der Waals surface area contributed by atoms with E-state index in [1.807, 2.05) is 62.4 Å². The molecular formula is C25H24N6O2. The van der Waals surface area contributed by atoms with Crippen LogP contribution in [-0.2, 0) is 12.8 Å². The molecule has 5 rings (SSSR count). The Kier molecular flexibility index (Phi) is 5.26. The zero-order chi connectivity index (χ0) is 22.9. The van der Waals surface area contributed by atoms with Gasteiger partial charge in [0.15, 0.2) is 0 Å². The summed E-state index contributed by atoms with van der Waals surface area (Å²) in [6.07, 6.45) is 2.40. The Bertz CT molecular complexity index is 1400. The summed E-state index contributed by atoms with van der Waals surface area (Å²) >= 11 is 0. The predicted molar refractivity (Wildman–Crippen MR) is 128 cm³/mol. The van der Waals surface area contributed by atoms with Crippen LogP contribution in [0.4, 0.5) is 16.3 Å². The van der Waals surface area contributed by atoms with Gasteiger partial charge < -0.3 is 5.32 Å². The number of hydrogen-bond acceptors (Lipinski definition) is 4. The number of amides is 2. The zero-order valence-corrected chi connectivity index (χ0v) is 18.5. The number of aromatic nitrogens is 4. The average molecular weight is 441 g/mol. The number of aryl methyl sites for hydroxylation is 3. The van der Waals surface area contributed by atoms with Crippen LogP contribution < -0.4 is 16.2 Å². The summed E-state index contributed by atoms with van der Waals surface area (Å²) in [6, 6.07) is 16.7. The Hall–Kier alpha value is -4.20. The van der Waals surface area contributed by atoms with Crippen molar-refractivity contribution in [2.45, 2.75) is 33.1 Å². The second-order valence-corrected chi connectivity index (χ2v) is 8.24. The topological polar surface area (TPSA) is 105 Å². The number of nitrogens with one attached hydrogen (secondary N) is 3. The van der Waals surface area contributed by atoms with Crippen molar-refractivity contribution in [3.05, 3.63) is 87.3 Å². The largest absolute Gasteiger partial charge is 0.324 e. The van der Waals surface area contributed by atoms with E-state index >= 15 is 0 Å². The molecule has 166 valence electrons. The molecule has 0 saturated heterocycles. The summed E-state index contributed by atoms with van der Waals surface area (Å²) in [7, 11) is 0. The lowest BCUT2D eigenvalue weighted by molar-refractivity contribution is 0.262. The van der Waals surface area contributed by atoms with Crippen molar-refractivity contribution in [2.75, 3.05) is 10.6 Å². The van der Waals surface area contributed by atoms with Crippen molar-refractivity contribution >= 4 is 17.5 Å². The minimum Gasteiger partial charge on any atom is -0.308 e. The molecule has 8 heteroatoms. The summed E-state index contributed by atoms with van der Waals surface area (Å²) in [4.78, 5) is 32.9. The number of H-pyrrole nitrogens is 1. The highest BCUT2D eigenvalue weighted by atomic mass is 16.2. The maximum atomic E-state index is 12.8. The first-order valence-electron chi connectivity index (χ1n) is 10.9. The molecule has 0 atom stereocenters. The molecule has 2 aromatic carbocycles. The fourth-order valence-electron chi connectivity index (χ4n) is 4.01. The summed E-state index contributed by atoms with van der Waals surface area (Å²) in [5.74, 6) is 0.681. The van der Waals surface area contributed by atoms with Gasteiger partial charge in [0.25, 0.3) is 5.56 Å². The van der Waals surface area contributed by atoms with Crippen molar-refractivity contribution in [2.24, 2.45) is 0 Å². The fraction of sp³-hybridized carbons (Fsp3) is 0.200. The lowest BCUT2D eigenvalue weighted by atomic mass is 10.1. The average Bonchev–Trinajstić information content (AvgIpc) is 3.44. The first kappa shape index (κ1) is 20.7. The molecule has 1 aliphatic carbocycles. The molecular weight excluding hydrogens is 416 g/mol. The number of fused-ring (bicyclic) bond motifs is 1. The van der Waals surface area contributed by atoms with Gasteiger partial charge in [0, 0.05) is 22.9 Å². The molecule has 8 nitrogen and oxygen atoms in total. The van der Waals surface area contributed by atoms with Gasteiger partial charge in [-0.1, -0.05) is 36.4 Å². The molecule has 0 bridgehead atoms. The molecule has 2 heterocycles. The van der Waals surface area contributed by atoms with Crippen LogP contribution in [0.3, 0.4) is 0 Å². The molecule has 0 spiro atoms. The Balaban J connectivity index is 1.51. The Morgan fingerprint density at radius 3 is 2.61 bits per heavy atom. The van der Waals surface area contributed by atoms with Gasteiger partial charge in [0.05, 0.1) is 11.4 Å². The molecule has 2 aromatic heterocycles. The quantitative estimate of drug-likeness (QED) is 0.438. The van der Waals surface area contributed by atoms with E-state index in [1.54, 1.807) is 6.07 Å². The predicted octanol–water partition coefficient (Wildman–Crippen LogP) is 4.37. The van der Waals surface area contributed by atoms with Gasteiger partial charge in [-0.15, -0.1) is 0 Å². The molecule has 0 aliphatic heterocycles. The van der Waals surface area contributed by atoms with E-state index in [-0.39, 0.29) is 11.5 Å². The molecule has 33 heavy (non-hydrogen) atoms. The van der Waals surface area contributed by atoms with Crippen LogP contribution in [-0.4, -0.2) is 25.8 Å². The number of carbonyl (C=O) groups excluding carboxylic acids is 1. The lowest BCUT2D eigenvalue weighted by Crippen LogP contribution is -2.23. The van der Waals surface area contributed by atoms with Crippen molar-refractivity contribution in [1.29, 1.82) is 0 Å². The smallest absolute Gasteiger partial charge is 0.308 e. The highest BCUT2D eigenvalue weighted by Gasteiger charge is 2.21. The molecule has 2 amide bonds. The van der Waals surface area contributed by atoms with Crippen LogP contribution in [0.5, 0.6) is 0 Å². The maximum absolute atomic E-state index is 12.8. The molecule has 0 saturated carbocycles. The fourth-order valence-corrected chi connectivity index (χ4v) is 4.01. The van der Waals surface area contributed by atoms with E-state index < -0.39 is 6.03 Å². The Morgan fingerprint density at radius 2 is 1.82 bits per heavy atom. The van der Waals surface area contributed by atoms with Crippen molar-refractivity contribution < 1.29 is 4.79 Å². The maximum Gasteiger partial charge on any atom is 0.324 e. The first-order chi connectivity index (χ1) is 16.0. The van der Waals surface area contributed by atoms with E-state index in [0.29, 0.717) is 17.2 Å². The van der Waals surface area contributed by atoms with Crippen LogP contribution in [0.25, 0.3) is 17.2 Å². The number of hydrogen-bond donors (Lipinski definition) is 3. The third kappa shape index (κ3) is 4.15. The molecule has 0 fully saturated rings. The van der Waals surface area contributed by atoms with Gasteiger partial charge in [0.1, 0.15) is 5.82 Å². The van der Waals surface area contributed by atoms with Crippen LogP contribution >= 0.6 is 0 Å². The van der Waals surface area contributed by atoms with E-state index in [9.17, 15) is 9.59 Å². The van der Waals surface area contributed by atoms with Gasteiger partial charge in [0.2, 0.25) is 5.95 Å². The second-order valence-electron chi connectivity index (χ2n) is 8.24. The third-order valence-electron chi connectivity index (χ3n) is 5.91. The number of benzene rings is 2. The molecule has 4 aromatic rings. The van der Waals surface area contributed by atoms with Gasteiger partial charge >= 0.3 is 6.03 Å². The standard InChI is InChI=1S/C25H24N6O2/c1-15-11-12-18(13-16(15)2)26-25(33)28-22-14-21(17-7-4-3-5-8-17)30-31(22)24-27-20-10-6-9-19(20)23(32)29-24/h3-5,7-8,11-14H,6,9-10H2,1-2H3,(H2,26,28,33)(H,27,29,32). The van der Waals surface area contributed by atoms with Crippen molar-refractivity contribution in [3.8, 4) is 17.2 Å². The summed E-state index contributed by atoms with van der Waals surface area (Å²) in [6.45, 7) is 4.02. The highest BCUT2D eigenvalue weighted by Crippen LogP contribution is 2.25. The zero-order valence-electron chi connectivity index (χ0n) is 18.5. The van der Waals surface area contributed by atoms with Gasteiger partial charge in [-0.2, -0.15) is 9.78 Å². The normalized spacial score (nSPS) is 12.4. The summed E-state index contributed by atoms with van der Waals surface area (Å²) in [5, 5.41) is 10.4. The van der Waals surface area contributed by atoms with Gasteiger partial charge in [-0.05, 0) is 56.4 Å². The van der Waals surface area contributed by atoms with E-state index in [4.69, 9.17) is 0 Å². The molecule has 0 radical (unpaired) electrons. The minimum absolute atomic E-state index is 0.158. The third-order valence-corrected chi connectivity index (χ3v) is 5.91. The second kappa shape index (κ2) is 8.38. The van der Waals surface area contributed by atoms with Crippen LogP contribution in [0.1, 0.15) is 28.8 Å².